The van der Waals surface area contributed by atoms with Crippen LogP contribution in [-0.2, 0) is 0 Å². The van der Waals surface area contributed by atoms with Gasteiger partial charge in [-0.15, -0.1) is 0 Å². The van der Waals surface area contributed by atoms with E-state index in [1.807, 2.05) is 66.1 Å². The van der Waals surface area contributed by atoms with Crippen LogP contribution in [0.25, 0.3) is 5.52 Å². The summed E-state index contributed by atoms with van der Waals surface area (Å²) in [4.78, 5) is 12.8. The fourth-order valence-corrected chi connectivity index (χ4v) is 2.86. The summed E-state index contributed by atoms with van der Waals surface area (Å²) in [6, 6.07) is 15.3. The van der Waals surface area contributed by atoms with Crippen molar-refractivity contribution in [3.63, 3.8) is 0 Å². The number of pyridine rings is 1. The van der Waals surface area contributed by atoms with E-state index < -0.39 is 0 Å². The number of alkyl halides is 1. The van der Waals surface area contributed by atoms with Gasteiger partial charge in [0.05, 0.1) is 12.3 Å². The molecule has 0 N–H and O–H groups in total. The number of ketones is 1. The quantitative estimate of drug-likeness (QED) is 0.359. The van der Waals surface area contributed by atoms with Crippen molar-refractivity contribution >= 4 is 27.2 Å². The van der Waals surface area contributed by atoms with Gasteiger partial charge in [0, 0.05) is 22.6 Å². The Kier molecular flexibility index (Phi) is 4.82. The third-order valence-electron chi connectivity index (χ3n) is 3.75. The van der Waals surface area contributed by atoms with Gasteiger partial charge in [0.2, 0.25) is 5.78 Å². The molecule has 0 spiro atoms. The molecule has 1 aromatic carbocycles. The Balaban J connectivity index is 1.86. The molecule has 2 aromatic heterocycles. The Hall–Kier alpha value is -2.07. The van der Waals surface area contributed by atoms with Crippen molar-refractivity contribution < 1.29 is 9.53 Å². The van der Waals surface area contributed by atoms with Crippen molar-refractivity contribution in [1.29, 1.82) is 0 Å². The Labute approximate surface area is 144 Å². The van der Waals surface area contributed by atoms with Gasteiger partial charge in [-0.05, 0) is 61.4 Å². The first-order valence-electron chi connectivity index (χ1n) is 7.61. The average Bonchev–Trinajstić information content (AvgIpc) is 2.91. The van der Waals surface area contributed by atoms with Crippen molar-refractivity contribution in [2.75, 3.05) is 11.9 Å². The maximum Gasteiger partial charge on any atom is 0.210 e. The summed E-state index contributed by atoms with van der Waals surface area (Å²) in [5.41, 5.74) is 3.40. The number of carbonyl (C=O) groups is 1. The highest BCUT2D eigenvalue weighted by Gasteiger charge is 2.16. The second-order valence-electron chi connectivity index (χ2n) is 5.42. The van der Waals surface area contributed by atoms with Gasteiger partial charge < -0.3 is 9.14 Å². The fraction of sp³-hybridized carbons (Fsp3) is 0.211. The number of carbonyl (C=O) groups excluding carboxylic acids is 1. The van der Waals surface area contributed by atoms with E-state index in [2.05, 4.69) is 15.9 Å². The number of aryl methyl sites for hydroxylation is 1. The SMILES string of the molecule is Cc1cc2ccccn2c1C(=O)c1ccc(OCCCBr)cc1. The van der Waals surface area contributed by atoms with Crippen molar-refractivity contribution in [2.45, 2.75) is 13.3 Å². The summed E-state index contributed by atoms with van der Waals surface area (Å²) in [5, 5.41) is 0.921. The molecule has 0 atom stereocenters. The Morgan fingerprint density at radius 1 is 1.17 bits per heavy atom. The van der Waals surface area contributed by atoms with E-state index in [-0.39, 0.29) is 5.78 Å². The third kappa shape index (κ3) is 3.32. The summed E-state index contributed by atoms with van der Waals surface area (Å²) >= 11 is 3.38. The van der Waals surface area contributed by atoms with Gasteiger partial charge in [-0.3, -0.25) is 4.79 Å². The molecule has 0 saturated heterocycles. The molecule has 4 heteroatoms. The lowest BCUT2D eigenvalue weighted by Gasteiger charge is -2.07. The normalized spacial score (nSPS) is 10.9. The average molecular weight is 372 g/mol. The number of hydrogen-bond donors (Lipinski definition) is 0. The van der Waals surface area contributed by atoms with Crippen LogP contribution >= 0.6 is 15.9 Å². The predicted octanol–water partition coefficient (Wildman–Crippen LogP) is 4.64. The largest absolute Gasteiger partial charge is 0.494 e. The molecule has 0 aliphatic carbocycles. The molecule has 0 bridgehead atoms. The van der Waals surface area contributed by atoms with E-state index in [0.717, 1.165) is 28.6 Å². The first-order valence-corrected chi connectivity index (χ1v) is 8.73. The molecule has 0 saturated carbocycles. The van der Waals surface area contributed by atoms with Crippen molar-refractivity contribution in [3.8, 4) is 5.75 Å². The lowest BCUT2D eigenvalue weighted by atomic mass is 10.1. The number of fused-ring (bicyclic) bond motifs is 1. The molecular weight excluding hydrogens is 354 g/mol. The van der Waals surface area contributed by atoms with Crippen LogP contribution in [0.15, 0.2) is 54.7 Å². The van der Waals surface area contributed by atoms with Gasteiger partial charge in [0.1, 0.15) is 5.75 Å². The Morgan fingerprint density at radius 2 is 1.96 bits per heavy atom. The molecular formula is C19H18BrNO2. The summed E-state index contributed by atoms with van der Waals surface area (Å²) < 4.78 is 7.56. The maximum absolute atomic E-state index is 12.8. The fourth-order valence-electron chi connectivity index (χ4n) is 2.63. The van der Waals surface area contributed by atoms with Crippen LogP contribution < -0.4 is 4.74 Å². The molecule has 0 unspecified atom stereocenters. The van der Waals surface area contributed by atoms with Crippen LogP contribution in [0, 0.1) is 6.92 Å². The zero-order valence-electron chi connectivity index (χ0n) is 13.0. The standard InChI is InChI=1S/C19H18BrNO2/c1-14-13-16-5-2-3-11-21(16)18(14)19(22)15-6-8-17(9-7-15)23-12-4-10-20/h2-3,5-9,11,13H,4,10,12H2,1H3. The number of rotatable bonds is 6. The van der Waals surface area contributed by atoms with E-state index >= 15 is 0 Å². The second kappa shape index (κ2) is 7.01. The van der Waals surface area contributed by atoms with E-state index in [9.17, 15) is 4.79 Å². The van der Waals surface area contributed by atoms with Gasteiger partial charge >= 0.3 is 0 Å². The highest BCUT2D eigenvalue weighted by molar-refractivity contribution is 9.09. The number of nitrogens with zero attached hydrogens (tertiary/aromatic N) is 1. The number of aromatic nitrogens is 1. The first-order chi connectivity index (χ1) is 11.2. The molecule has 23 heavy (non-hydrogen) atoms. The monoisotopic (exact) mass is 371 g/mol. The minimum absolute atomic E-state index is 0.0284. The molecule has 0 amide bonds. The molecule has 0 aliphatic heterocycles. The van der Waals surface area contributed by atoms with Crippen molar-refractivity contribution in [3.05, 3.63) is 71.5 Å². The minimum atomic E-state index is 0.0284. The summed E-state index contributed by atoms with van der Waals surface area (Å²) in [6.07, 6.45) is 2.88. The predicted molar refractivity (Wildman–Crippen MR) is 95.9 cm³/mol. The summed E-state index contributed by atoms with van der Waals surface area (Å²) in [6.45, 7) is 2.64. The molecule has 3 nitrogen and oxygen atoms in total. The molecule has 0 fully saturated rings. The van der Waals surface area contributed by atoms with Crippen LogP contribution in [-0.4, -0.2) is 22.1 Å². The Morgan fingerprint density at radius 3 is 2.70 bits per heavy atom. The maximum atomic E-state index is 12.8. The van der Waals surface area contributed by atoms with Gasteiger partial charge in [0.25, 0.3) is 0 Å². The molecule has 0 aliphatic rings. The van der Waals surface area contributed by atoms with Gasteiger partial charge in [-0.2, -0.15) is 0 Å². The molecule has 3 aromatic rings. The number of ether oxygens (including phenoxy) is 1. The molecule has 118 valence electrons. The van der Waals surface area contributed by atoms with Crippen LogP contribution in [0.1, 0.15) is 28.0 Å². The molecule has 3 rings (SSSR count). The molecule has 0 radical (unpaired) electrons. The van der Waals surface area contributed by atoms with Crippen LogP contribution in [0.5, 0.6) is 5.75 Å². The second-order valence-corrected chi connectivity index (χ2v) is 6.21. The van der Waals surface area contributed by atoms with E-state index in [1.165, 1.54) is 0 Å². The van der Waals surface area contributed by atoms with E-state index in [4.69, 9.17) is 4.74 Å². The summed E-state index contributed by atoms with van der Waals surface area (Å²) in [7, 11) is 0. The Bertz CT molecular complexity index is 821. The van der Waals surface area contributed by atoms with Gasteiger partial charge in [-0.1, -0.05) is 22.0 Å². The minimum Gasteiger partial charge on any atom is -0.494 e. The number of hydrogen-bond acceptors (Lipinski definition) is 2. The number of benzene rings is 1. The number of halogens is 1. The zero-order chi connectivity index (χ0) is 16.2. The highest BCUT2D eigenvalue weighted by Crippen LogP contribution is 2.21. The van der Waals surface area contributed by atoms with Gasteiger partial charge in [-0.25, -0.2) is 0 Å². The van der Waals surface area contributed by atoms with Crippen molar-refractivity contribution in [2.24, 2.45) is 0 Å². The van der Waals surface area contributed by atoms with Crippen LogP contribution in [0.4, 0.5) is 0 Å². The summed E-state index contributed by atoms with van der Waals surface area (Å²) in [5.74, 6) is 0.819. The van der Waals surface area contributed by atoms with E-state index in [1.54, 1.807) is 0 Å². The third-order valence-corrected chi connectivity index (χ3v) is 4.31. The van der Waals surface area contributed by atoms with Crippen LogP contribution in [0.3, 0.4) is 0 Å². The molecule has 2 heterocycles. The highest BCUT2D eigenvalue weighted by atomic mass is 79.9. The topological polar surface area (TPSA) is 30.7 Å². The van der Waals surface area contributed by atoms with Crippen LogP contribution in [0.2, 0.25) is 0 Å². The lowest BCUT2D eigenvalue weighted by Crippen LogP contribution is -2.07. The van der Waals surface area contributed by atoms with Gasteiger partial charge in [0.15, 0.2) is 0 Å². The zero-order valence-corrected chi connectivity index (χ0v) is 14.5. The van der Waals surface area contributed by atoms with E-state index in [0.29, 0.717) is 17.9 Å². The lowest BCUT2D eigenvalue weighted by molar-refractivity contribution is 0.103. The first kappa shape index (κ1) is 15.8. The van der Waals surface area contributed by atoms with Crippen molar-refractivity contribution in [1.82, 2.24) is 4.40 Å². The smallest absolute Gasteiger partial charge is 0.210 e.